The van der Waals surface area contributed by atoms with E-state index in [2.05, 4.69) is 30.7 Å². The fourth-order valence-electron chi connectivity index (χ4n) is 3.65. The van der Waals surface area contributed by atoms with E-state index in [1.165, 1.54) is 30.0 Å². The number of halogens is 2. The van der Waals surface area contributed by atoms with Gasteiger partial charge in [0.05, 0.1) is 0 Å². The molecule has 1 aliphatic heterocycles. The van der Waals surface area contributed by atoms with Crippen LogP contribution in [0.25, 0.3) is 0 Å². The van der Waals surface area contributed by atoms with Gasteiger partial charge in [-0.1, -0.05) is 18.2 Å². The molecule has 8 nitrogen and oxygen atoms in total. The van der Waals surface area contributed by atoms with Crippen molar-refractivity contribution in [2.24, 2.45) is 0 Å². The van der Waals surface area contributed by atoms with Crippen molar-refractivity contribution >= 4 is 40.8 Å². The molecule has 5 rings (SSSR count). The first-order valence-corrected chi connectivity index (χ1v) is 12.2. The number of hydrogen-bond donors (Lipinski definition) is 3. The van der Waals surface area contributed by atoms with E-state index in [1.54, 1.807) is 18.2 Å². The first kappa shape index (κ1) is 23.7. The molecule has 4 aromatic rings. The maximum atomic E-state index is 13.2. The van der Waals surface area contributed by atoms with E-state index in [-0.39, 0.29) is 11.1 Å². The maximum absolute atomic E-state index is 13.2. The fourth-order valence-corrected chi connectivity index (χ4v) is 4.41. The van der Waals surface area contributed by atoms with Gasteiger partial charge in [-0.05, 0) is 55.4 Å². The predicted octanol–water partition coefficient (Wildman–Crippen LogP) is 5.80. The largest absolute Gasteiger partial charge is 0.356 e. The summed E-state index contributed by atoms with van der Waals surface area (Å²) in [5.41, 5.74) is 1.10. The van der Waals surface area contributed by atoms with E-state index in [0.717, 1.165) is 35.9 Å². The molecule has 0 atom stereocenters. The van der Waals surface area contributed by atoms with Gasteiger partial charge in [0.2, 0.25) is 0 Å². The molecule has 36 heavy (non-hydrogen) atoms. The number of carbonyl (C=O) groups excluding carboxylic acids is 1. The standard InChI is InChI=1S/C25H23F2N7OS/c1-15-13-21(33-32-15)29-20-14-22(34-11-4-12-34)31-25(30-20)36-17-9-7-16(8-10-17)28-24(35)19-6-3-2-5-18(19)23(26)27/h2-3,5-10,13-14,23H,4,11-12H2,1H3,(H,28,35)(H2,29,30,31,32,33). The Morgan fingerprint density at radius 2 is 1.83 bits per heavy atom. The van der Waals surface area contributed by atoms with E-state index in [1.807, 2.05) is 31.2 Å². The summed E-state index contributed by atoms with van der Waals surface area (Å²) >= 11 is 1.39. The van der Waals surface area contributed by atoms with Crippen LogP contribution in [-0.2, 0) is 0 Å². The summed E-state index contributed by atoms with van der Waals surface area (Å²) in [6.07, 6.45) is -1.60. The molecule has 2 aromatic heterocycles. The molecule has 1 aliphatic rings. The van der Waals surface area contributed by atoms with Crippen LogP contribution in [0.5, 0.6) is 0 Å². The highest BCUT2D eigenvalue weighted by molar-refractivity contribution is 7.99. The maximum Gasteiger partial charge on any atom is 0.264 e. The Kier molecular flexibility index (Phi) is 6.81. The zero-order valence-corrected chi connectivity index (χ0v) is 20.1. The quantitative estimate of drug-likeness (QED) is 0.259. The van der Waals surface area contributed by atoms with Crippen LogP contribution in [0.4, 0.5) is 31.9 Å². The number of carbonyl (C=O) groups is 1. The second kappa shape index (κ2) is 10.3. The number of aromatic nitrogens is 4. The number of rotatable bonds is 8. The number of H-pyrrole nitrogens is 1. The number of benzene rings is 2. The van der Waals surface area contributed by atoms with E-state index in [9.17, 15) is 13.6 Å². The second-order valence-corrected chi connectivity index (χ2v) is 9.30. The number of aryl methyl sites for hydroxylation is 1. The molecule has 0 spiro atoms. The normalized spacial score (nSPS) is 12.9. The summed E-state index contributed by atoms with van der Waals surface area (Å²) in [5, 5.41) is 13.6. The van der Waals surface area contributed by atoms with Gasteiger partial charge in [0.25, 0.3) is 12.3 Å². The number of aromatic amines is 1. The monoisotopic (exact) mass is 507 g/mol. The smallest absolute Gasteiger partial charge is 0.264 e. The average Bonchev–Trinajstić information content (AvgIpc) is 3.23. The van der Waals surface area contributed by atoms with Gasteiger partial charge >= 0.3 is 0 Å². The Morgan fingerprint density at radius 1 is 1.06 bits per heavy atom. The zero-order chi connectivity index (χ0) is 25.1. The van der Waals surface area contributed by atoms with Crippen molar-refractivity contribution in [2.45, 2.75) is 29.8 Å². The van der Waals surface area contributed by atoms with Crippen LogP contribution in [0.15, 0.2) is 70.7 Å². The van der Waals surface area contributed by atoms with Gasteiger partial charge in [-0.25, -0.2) is 18.7 Å². The SMILES string of the molecule is Cc1cc(Nc2cc(N3CCC3)nc(Sc3ccc(NC(=O)c4ccccc4C(F)F)cc3)n2)n[nH]1. The number of anilines is 4. The van der Waals surface area contributed by atoms with Gasteiger partial charge in [-0.3, -0.25) is 9.89 Å². The van der Waals surface area contributed by atoms with Crippen LogP contribution < -0.4 is 15.5 Å². The second-order valence-electron chi connectivity index (χ2n) is 8.26. The minimum Gasteiger partial charge on any atom is -0.356 e. The van der Waals surface area contributed by atoms with Crippen LogP contribution in [0.2, 0.25) is 0 Å². The lowest BCUT2D eigenvalue weighted by molar-refractivity contribution is 0.101. The minimum absolute atomic E-state index is 0.0469. The molecule has 0 radical (unpaired) electrons. The summed E-state index contributed by atoms with van der Waals surface area (Å²) < 4.78 is 26.5. The van der Waals surface area contributed by atoms with E-state index < -0.39 is 12.3 Å². The first-order chi connectivity index (χ1) is 17.4. The lowest BCUT2D eigenvalue weighted by Crippen LogP contribution is -2.37. The molecule has 0 unspecified atom stereocenters. The van der Waals surface area contributed by atoms with Crippen molar-refractivity contribution in [1.29, 1.82) is 0 Å². The van der Waals surface area contributed by atoms with Crippen molar-refractivity contribution in [1.82, 2.24) is 20.2 Å². The van der Waals surface area contributed by atoms with Gasteiger partial charge in [0, 0.05) is 52.6 Å². The van der Waals surface area contributed by atoms with Crippen molar-refractivity contribution < 1.29 is 13.6 Å². The molecule has 0 saturated carbocycles. The third-order valence-electron chi connectivity index (χ3n) is 5.60. The van der Waals surface area contributed by atoms with Crippen LogP contribution in [0.3, 0.4) is 0 Å². The Bertz CT molecular complexity index is 1370. The lowest BCUT2D eigenvalue weighted by atomic mass is 10.1. The van der Waals surface area contributed by atoms with Crippen LogP contribution >= 0.6 is 11.8 Å². The molecule has 1 saturated heterocycles. The van der Waals surface area contributed by atoms with Gasteiger partial charge in [0.15, 0.2) is 11.0 Å². The summed E-state index contributed by atoms with van der Waals surface area (Å²) in [4.78, 5) is 24.9. The van der Waals surface area contributed by atoms with Gasteiger partial charge in [-0.15, -0.1) is 0 Å². The molecule has 2 aromatic carbocycles. The molecule has 11 heteroatoms. The Labute approximate surface area is 210 Å². The highest BCUT2D eigenvalue weighted by atomic mass is 32.2. The molecule has 3 N–H and O–H groups in total. The number of amides is 1. The summed E-state index contributed by atoms with van der Waals surface area (Å²) in [7, 11) is 0. The molecule has 184 valence electrons. The highest BCUT2D eigenvalue weighted by Crippen LogP contribution is 2.31. The summed E-state index contributed by atoms with van der Waals surface area (Å²) in [6, 6.07) is 16.6. The average molecular weight is 508 g/mol. The fraction of sp³-hybridized carbons (Fsp3) is 0.200. The highest BCUT2D eigenvalue weighted by Gasteiger charge is 2.19. The Morgan fingerprint density at radius 3 is 2.50 bits per heavy atom. The van der Waals surface area contributed by atoms with Crippen LogP contribution in [-0.4, -0.2) is 39.2 Å². The third-order valence-corrected chi connectivity index (χ3v) is 6.47. The van der Waals surface area contributed by atoms with Gasteiger partial charge in [0.1, 0.15) is 11.6 Å². The number of alkyl halides is 2. The van der Waals surface area contributed by atoms with Gasteiger partial charge in [-0.2, -0.15) is 5.10 Å². The van der Waals surface area contributed by atoms with Crippen molar-refractivity contribution in [2.75, 3.05) is 28.6 Å². The lowest BCUT2D eigenvalue weighted by Gasteiger charge is -2.32. The van der Waals surface area contributed by atoms with Crippen molar-refractivity contribution in [3.05, 3.63) is 77.5 Å². The van der Waals surface area contributed by atoms with E-state index >= 15 is 0 Å². The van der Waals surface area contributed by atoms with Gasteiger partial charge < -0.3 is 15.5 Å². The molecular weight excluding hydrogens is 484 g/mol. The molecular formula is C25H23F2N7OS. The van der Waals surface area contributed by atoms with Crippen molar-refractivity contribution in [3.8, 4) is 0 Å². The van der Waals surface area contributed by atoms with E-state index in [4.69, 9.17) is 4.98 Å². The van der Waals surface area contributed by atoms with E-state index in [0.29, 0.717) is 22.5 Å². The molecule has 0 aliphatic carbocycles. The Balaban J connectivity index is 1.31. The molecule has 1 amide bonds. The van der Waals surface area contributed by atoms with Crippen molar-refractivity contribution in [3.63, 3.8) is 0 Å². The zero-order valence-electron chi connectivity index (χ0n) is 19.3. The molecule has 1 fully saturated rings. The molecule has 3 heterocycles. The summed E-state index contributed by atoms with van der Waals surface area (Å²) in [5.74, 6) is 1.57. The third kappa shape index (κ3) is 5.46. The summed E-state index contributed by atoms with van der Waals surface area (Å²) in [6.45, 7) is 3.82. The van der Waals surface area contributed by atoms with Crippen LogP contribution in [0, 0.1) is 6.92 Å². The minimum atomic E-state index is -2.73. The molecule has 0 bridgehead atoms. The Hall–Kier alpha value is -3.99. The number of hydrogen-bond acceptors (Lipinski definition) is 7. The van der Waals surface area contributed by atoms with Crippen LogP contribution in [0.1, 0.15) is 34.5 Å². The predicted molar refractivity (Wildman–Crippen MR) is 135 cm³/mol. The number of nitrogens with zero attached hydrogens (tertiary/aromatic N) is 4. The first-order valence-electron chi connectivity index (χ1n) is 11.3. The number of nitrogens with one attached hydrogen (secondary N) is 3. The topological polar surface area (TPSA) is 98.8 Å².